The number of aromatic amines is 1. The van der Waals surface area contributed by atoms with Gasteiger partial charge in [-0.25, -0.2) is 9.49 Å². The Bertz CT molecular complexity index is 1050. The highest BCUT2D eigenvalue weighted by Crippen LogP contribution is 2.25. The Morgan fingerprint density at radius 2 is 2.13 bits per heavy atom. The van der Waals surface area contributed by atoms with E-state index in [4.69, 9.17) is 5.73 Å². The maximum absolute atomic E-state index is 14.5. The number of carbonyl (C=O) groups is 2. The van der Waals surface area contributed by atoms with Gasteiger partial charge in [0.2, 0.25) is 5.91 Å². The molecule has 1 atom stereocenters. The van der Waals surface area contributed by atoms with Crippen LogP contribution in [0.2, 0.25) is 0 Å². The van der Waals surface area contributed by atoms with Gasteiger partial charge in [-0.15, -0.1) is 0 Å². The summed E-state index contributed by atoms with van der Waals surface area (Å²) in [5.74, 6) is -1.91. The first kappa shape index (κ1) is 20.1. The summed E-state index contributed by atoms with van der Waals surface area (Å²) in [6.07, 6.45) is 3.18. The molecular weight excluding hydrogens is 389 g/mol. The maximum atomic E-state index is 14.5. The van der Waals surface area contributed by atoms with Crippen molar-refractivity contribution in [2.45, 2.75) is 32.1 Å². The predicted octanol–water partition coefficient (Wildman–Crippen LogP) is 1.20. The van der Waals surface area contributed by atoms with Gasteiger partial charge < -0.3 is 16.0 Å². The molecule has 1 fully saturated rings. The molecule has 9 heteroatoms. The Labute approximate surface area is 172 Å². The number of carbonyl (C=O) groups excluding carboxylic acids is 2. The van der Waals surface area contributed by atoms with E-state index >= 15 is 0 Å². The van der Waals surface area contributed by atoms with Gasteiger partial charge in [-0.1, -0.05) is 6.07 Å². The van der Waals surface area contributed by atoms with Crippen molar-refractivity contribution in [2.24, 2.45) is 11.7 Å². The molecule has 4 rings (SSSR count). The number of primary amides is 1. The molecule has 0 bridgehead atoms. The summed E-state index contributed by atoms with van der Waals surface area (Å²) in [6.45, 7) is 1.43. The molecule has 1 saturated heterocycles. The summed E-state index contributed by atoms with van der Waals surface area (Å²) in [5.41, 5.74) is 7.90. The smallest absolute Gasteiger partial charge is 0.269 e. The van der Waals surface area contributed by atoms with Crippen molar-refractivity contribution in [3.63, 3.8) is 0 Å². The van der Waals surface area contributed by atoms with Crippen molar-refractivity contribution in [2.75, 3.05) is 25.0 Å². The molecule has 158 valence electrons. The number of hydrogen-bond acceptors (Lipinski definition) is 5. The molecule has 2 aliphatic heterocycles. The lowest BCUT2D eigenvalue weighted by Gasteiger charge is -2.31. The number of aromatic nitrogens is 2. The summed E-state index contributed by atoms with van der Waals surface area (Å²) < 4.78 is 14.5. The van der Waals surface area contributed by atoms with Crippen LogP contribution in [0.25, 0.3) is 0 Å². The van der Waals surface area contributed by atoms with Gasteiger partial charge in [0.15, 0.2) is 0 Å². The van der Waals surface area contributed by atoms with Crippen LogP contribution in [-0.4, -0.2) is 46.5 Å². The molecule has 2 aliphatic rings. The van der Waals surface area contributed by atoms with E-state index < -0.39 is 23.5 Å². The van der Waals surface area contributed by atoms with E-state index in [1.807, 2.05) is 0 Å². The number of rotatable bonds is 4. The fourth-order valence-corrected chi connectivity index (χ4v) is 4.19. The van der Waals surface area contributed by atoms with Gasteiger partial charge >= 0.3 is 0 Å². The highest BCUT2D eigenvalue weighted by molar-refractivity contribution is 5.95. The third kappa shape index (κ3) is 3.92. The van der Waals surface area contributed by atoms with Crippen LogP contribution in [-0.2, 0) is 17.6 Å². The first-order chi connectivity index (χ1) is 14.4. The average Bonchev–Trinajstić information content (AvgIpc) is 2.76. The molecule has 0 radical (unpaired) electrons. The van der Waals surface area contributed by atoms with Crippen LogP contribution in [0.15, 0.2) is 23.0 Å². The number of nitrogens with two attached hydrogens (primary N) is 1. The van der Waals surface area contributed by atoms with Crippen LogP contribution in [0.4, 0.5) is 10.1 Å². The lowest BCUT2D eigenvalue weighted by Crippen LogP contribution is -2.44. The zero-order chi connectivity index (χ0) is 21.3. The second kappa shape index (κ2) is 8.25. The number of likely N-dealkylation sites (tertiary alicyclic amines) is 1. The maximum Gasteiger partial charge on any atom is 0.269 e. The SMILES string of the molecule is NC(=O)C1CCCN(C(=O)c2cc(Cc3n[nH]c(=O)c4c3NCCC4)ccc2F)C1. The minimum absolute atomic E-state index is 0.0381. The third-order valence-corrected chi connectivity index (χ3v) is 5.81. The minimum Gasteiger partial charge on any atom is -0.383 e. The van der Waals surface area contributed by atoms with Gasteiger partial charge in [-0.2, -0.15) is 5.10 Å². The fraction of sp³-hybridized carbons (Fsp3) is 0.429. The standard InChI is InChI=1S/C21H24FN5O3/c22-16-6-5-12(10-17-18-14(4-1-7-24-18)20(29)26-25-17)9-15(16)21(30)27-8-2-3-13(11-27)19(23)28/h5-6,9,13,24H,1-4,7-8,10-11H2,(H2,23,28)(H,26,29). The number of hydrogen-bond donors (Lipinski definition) is 3. The molecular formula is C21H24FN5O3. The zero-order valence-corrected chi connectivity index (χ0v) is 16.5. The number of fused-ring (bicyclic) bond motifs is 1. The van der Waals surface area contributed by atoms with E-state index in [-0.39, 0.29) is 17.7 Å². The van der Waals surface area contributed by atoms with Gasteiger partial charge in [0.05, 0.1) is 22.9 Å². The van der Waals surface area contributed by atoms with E-state index in [9.17, 15) is 18.8 Å². The van der Waals surface area contributed by atoms with E-state index in [0.29, 0.717) is 49.0 Å². The predicted molar refractivity (Wildman–Crippen MR) is 109 cm³/mol. The normalized spacial score (nSPS) is 18.4. The van der Waals surface area contributed by atoms with Crippen molar-refractivity contribution in [1.82, 2.24) is 15.1 Å². The molecule has 2 aromatic rings. The summed E-state index contributed by atoms with van der Waals surface area (Å²) in [7, 11) is 0. The minimum atomic E-state index is -0.612. The Kier molecular flexibility index (Phi) is 5.52. The molecule has 2 amide bonds. The molecule has 3 heterocycles. The highest BCUT2D eigenvalue weighted by Gasteiger charge is 2.29. The molecule has 1 aromatic heterocycles. The van der Waals surface area contributed by atoms with E-state index in [0.717, 1.165) is 18.7 Å². The fourth-order valence-electron chi connectivity index (χ4n) is 4.19. The van der Waals surface area contributed by atoms with Crippen LogP contribution in [0.5, 0.6) is 0 Å². The van der Waals surface area contributed by atoms with Crippen molar-refractivity contribution in [3.05, 3.63) is 56.8 Å². The summed E-state index contributed by atoms with van der Waals surface area (Å²) in [4.78, 5) is 37.9. The summed E-state index contributed by atoms with van der Waals surface area (Å²) in [5, 5.41) is 9.92. The number of nitrogens with zero attached hydrogens (tertiary/aromatic N) is 2. The second-order valence-electron chi connectivity index (χ2n) is 7.87. The van der Waals surface area contributed by atoms with Crippen molar-refractivity contribution in [3.8, 4) is 0 Å². The molecule has 30 heavy (non-hydrogen) atoms. The number of amides is 2. The van der Waals surface area contributed by atoms with Crippen LogP contribution in [0, 0.1) is 11.7 Å². The van der Waals surface area contributed by atoms with E-state index in [2.05, 4.69) is 15.5 Å². The monoisotopic (exact) mass is 413 g/mol. The summed E-state index contributed by atoms with van der Waals surface area (Å²) in [6, 6.07) is 4.40. The lowest BCUT2D eigenvalue weighted by molar-refractivity contribution is -0.123. The second-order valence-corrected chi connectivity index (χ2v) is 7.87. The van der Waals surface area contributed by atoms with E-state index in [1.54, 1.807) is 6.07 Å². The van der Waals surface area contributed by atoms with E-state index in [1.165, 1.54) is 17.0 Å². The molecule has 0 spiro atoms. The topological polar surface area (TPSA) is 121 Å². The highest BCUT2D eigenvalue weighted by atomic mass is 19.1. The Morgan fingerprint density at radius 3 is 2.93 bits per heavy atom. The Morgan fingerprint density at radius 1 is 1.30 bits per heavy atom. The number of H-pyrrole nitrogens is 1. The number of piperidine rings is 1. The van der Waals surface area contributed by atoms with Crippen LogP contribution < -0.4 is 16.6 Å². The van der Waals surface area contributed by atoms with Crippen LogP contribution >= 0.6 is 0 Å². The quantitative estimate of drug-likeness (QED) is 0.695. The van der Waals surface area contributed by atoms with Crippen molar-refractivity contribution in [1.29, 1.82) is 0 Å². The van der Waals surface area contributed by atoms with Gasteiger partial charge in [0.1, 0.15) is 5.82 Å². The molecule has 1 unspecified atom stereocenters. The first-order valence-corrected chi connectivity index (χ1v) is 10.2. The number of benzene rings is 1. The average molecular weight is 413 g/mol. The number of anilines is 1. The molecule has 0 saturated carbocycles. The lowest BCUT2D eigenvalue weighted by atomic mass is 9.96. The Hall–Kier alpha value is -3.23. The Balaban J connectivity index is 1.59. The van der Waals surface area contributed by atoms with Crippen LogP contribution in [0.3, 0.4) is 0 Å². The largest absolute Gasteiger partial charge is 0.383 e. The van der Waals surface area contributed by atoms with Gasteiger partial charge in [0.25, 0.3) is 11.5 Å². The van der Waals surface area contributed by atoms with Gasteiger partial charge in [-0.3, -0.25) is 14.4 Å². The first-order valence-electron chi connectivity index (χ1n) is 10.2. The molecule has 8 nitrogen and oxygen atoms in total. The number of halogens is 1. The zero-order valence-electron chi connectivity index (χ0n) is 16.5. The molecule has 0 aliphatic carbocycles. The van der Waals surface area contributed by atoms with Crippen molar-refractivity contribution >= 4 is 17.5 Å². The molecule has 4 N–H and O–H groups in total. The third-order valence-electron chi connectivity index (χ3n) is 5.81. The van der Waals surface area contributed by atoms with Gasteiger partial charge in [-0.05, 0) is 43.4 Å². The van der Waals surface area contributed by atoms with Gasteiger partial charge in [0, 0.05) is 31.6 Å². The number of nitrogens with one attached hydrogen (secondary N) is 2. The van der Waals surface area contributed by atoms with Crippen molar-refractivity contribution < 1.29 is 14.0 Å². The van der Waals surface area contributed by atoms with Crippen LogP contribution in [0.1, 0.15) is 46.4 Å². The summed E-state index contributed by atoms with van der Waals surface area (Å²) >= 11 is 0. The molecule has 1 aromatic carbocycles.